The van der Waals surface area contributed by atoms with Crippen molar-refractivity contribution in [2.75, 3.05) is 11.9 Å². The Bertz CT molecular complexity index is 460. The molecule has 0 saturated carbocycles. The quantitative estimate of drug-likeness (QED) is 0.901. The lowest BCUT2D eigenvalue weighted by atomic mass is 10.1. The maximum absolute atomic E-state index is 13.4. The molecule has 0 fully saturated rings. The Morgan fingerprint density at radius 2 is 2.22 bits per heavy atom. The Morgan fingerprint density at radius 1 is 1.44 bits per heavy atom. The molecule has 5 heteroatoms. The van der Waals surface area contributed by atoms with Gasteiger partial charge in [0.15, 0.2) is 5.17 Å². The molecule has 1 N–H and O–H groups in total. The van der Waals surface area contributed by atoms with Crippen LogP contribution >= 0.6 is 11.8 Å². The minimum absolute atomic E-state index is 0.271. The predicted octanol–water partition coefficient (Wildman–Crippen LogP) is 3.89. The van der Waals surface area contributed by atoms with Crippen molar-refractivity contribution in [1.29, 1.82) is 0 Å². The number of aliphatic imine (C=N–C) groups is 1. The fourth-order valence-corrected chi connectivity index (χ4v) is 3.10. The number of nitrogens with zero attached hydrogens (tertiary/aromatic N) is 1. The van der Waals surface area contributed by atoms with Crippen LogP contribution in [-0.2, 0) is 0 Å². The molecule has 0 saturated heterocycles. The molecule has 0 aromatic heterocycles. The van der Waals surface area contributed by atoms with Crippen molar-refractivity contribution in [2.45, 2.75) is 25.5 Å². The second-order valence-electron chi connectivity index (χ2n) is 4.76. The van der Waals surface area contributed by atoms with Crippen LogP contribution in [0.5, 0.6) is 0 Å². The summed E-state index contributed by atoms with van der Waals surface area (Å²) in [5.41, 5.74) is 0.271. The van der Waals surface area contributed by atoms with Crippen molar-refractivity contribution in [2.24, 2.45) is 10.9 Å². The van der Waals surface area contributed by atoms with Gasteiger partial charge in [-0.25, -0.2) is 8.78 Å². The van der Waals surface area contributed by atoms with E-state index in [9.17, 15) is 8.78 Å². The number of halogens is 2. The standard InChI is InChI=1S/C13H16F2N2S/c1-8(2)5-10-7-16-13(18-10)17-12-4-3-9(14)6-11(12)15/h3-4,6,8,10H,5,7H2,1-2H3,(H,16,17). The molecule has 0 bridgehead atoms. The minimum Gasteiger partial charge on any atom is -0.333 e. The normalized spacial score (nSPS) is 19.2. The largest absolute Gasteiger partial charge is 0.333 e. The van der Waals surface area contributed by atoms with E-state index < -0.39 is 11.6 Å². The summed E-state index contributed by atoms with van der Waals surface area (Å²) < 4.78 is 26.2. The number of anilines is 1. The molecule has 2 nitrogen and oxygen atoms in total. The number of thioether (sulfide) groups is 1. The highest BCUT2D eigenvalue weighted by Crippen LogP contribution is 2.28. The minimum atomic E-state index is -0.592. The summed E-state index contributed by atoms with van der Waals surface area (Å²) >= 11 is 1.63. The second kappa shape index (κ2) is 5.69. The van der Waals surface area contributed by atoms with Gasteiger partial charge in [-0.3, -0.25) is 4.99 Å². The molecule has 1 aromatic rings. The molecule has 1 aliphatic heterocycles. The summed E-state index contributed by atoms with van der Waals surface area (Å²) in [5.74, 6) is -0.540. The van der Waals surface area contributed by atoms with Gasteiger partial charge in [0.05, 0.1) is 12.2 Å². The van der Waals surface area contributed by atoms with E-state index in [4.69, 9.17) is 0 Å². The molecule has 0 amide bonds. The first-order valence-electron chi connectivity index (χ1n) is 5.98. The molecule has 0 radical (unpaired) electrons. The Labute approximate surface area is 110 Å². The van der Waals surface area contributed by atoms with Crippen molar-refractivity contribution in [3.63, 3.8) is 0 Å². The van der Waals surface area contributed by atoms with Crippen molar-refractivity contribution < 1.29 is 8.78 Å². The molecule has 2 rings (SSSR count). The van der Waals surface area contributed by atoms with Crippen LogP contribution in [0.3, 0.4) is 0 Å². The van der Waals surface area contributed by atoms with Gasteiger partial charge in [-0.1, -0.05) is 25.6 Å². The van der Waals surface area contributed by atoms with E-state index in [-0.39, 0.29) is 5.69 Å². The van der Waals surface area contributed by atoms with Gasteiger partial charge in [0.2, 0.25) is 0 Å². The molecule has 0 spiro atoms. The third kappa shape index (κ3) is 3.45. The average Bonchev–Trinajstić information content (AvgIpc) is 2.69. The fraction of sp³-hybridized carbons (Fsp3) is 0.462. The fourth-order valence-electron chi connectivity index (χ4n) is 1.84. The van der Waals surface area contributed by atoms with E-state index in [1.807, 2.05) is 0 Å². The third-order valence-electron chi connectivity index (χ3n) is 2.62. The third-order valence-corrected chi connectivity index (χ3v) is 3.75. The van der Waals surface area contributed by atoms with Gasteiger partial charge in [0.25, 0.3) is 0 Å². The number of benzene rings is 1. The van der Waals surface area contributed by atoms with Crippen molar-refractivity contribution in [3.8, 4) is 0 Å². The van der Waals surface area contributed by atoms with E-state index >= 15 is 0 Å². The molecule has 1 atom stereocenters. The first-order chi connectivity index (χ1) is 8.54. The van der Waals surface area contributed by atoms with Crippen molar-refractivity contribution >= 4 is 22.6 Å². The predicted molar refractivity (Wildman–Crippen MR) is 73.1 cm³/mol. The summed E-state index contributed by atoms with van der Waals surface area (Å²) in [5, 5.41) is 4.08. The lowest BCUT2D eigenvalue weighted by Gasteiger charge is -2.11. The van der Waals surface area contributed by atoms with Crippen LogP contribution in [0, 0.1) is 17.6 Å². The average molecular weight is 270 g/mol. The maximum Gasteiger partial charge on any atom is 0.161 e. The van der Waals surface area contributed by atoms with Gasteiger partial charge < -0.3 is 5.32 Å². The molecular weight excluding hydrogens is 254 g/mol. The first-order valence-corrected chi connectivity index (χ1v) is 6.85. The zero-order valence-corrected chi connectivity index (χ0v) is 11.2. The monoisotopic (exact) mass is 270 g/mol. The highest BCUT2D eigenvalue weighted by atomic mass is 32.2. The molecule has 1 unspecified atom stereocenters. The SMILES string of the molecule is CC(C)CC1CN=C(Nc2ccc(F)cc2F)S1. The van der Waals surface area contributed by atoms with Gasteiger partial charge in [0.1, 0.15) is 11.6 Å². The Morgan fingerprint density at radius 3 is 2.89 bits per heavy atom. The molecule has 1 heterocycles. The van der Waals surface area contributed by atoms with E-state index in [0.29, 0.717) is 16.3 Å². The molecule has 18 heavy (non-hydrogen) atoms. The van der Waals surface area contributed by atoms with Crippen LogP contribution < -0.4 is 5.32 Å². The topological polar surface area (TPSA) is 24.4 Å². The van der Waals surface area contributed by atoms with Gasteiger partial charge in [0, 0.05) is 11.3 Å². The van der Waals surface area contributed by atoms with Crippen LogP contribution in [-0.4, -0.2) is 17.0 Å². The Balaban J connectivity index is 1.95. The van der Waals surface area contributed by atoms with E-state index in [2.05, 4.69) is 24.2 Å². The van der Waals surface area contributed by atoms with E-state index in [1.165, 1.54) is 12.1 Å². The van der Waals surface area contributed by atoms with Gasteiger partial charge >= 0.3 is 0 Å². The molecule has 0 aliphatic carbocycles. The maximum atomic E-state index is 13.4. The molecule has 1 aromatic carbocycles. The smallest absolute Gasteiger partial charge is 0.161 e. The van der Waals surface area contributed by atoms with Gasteiger partial charge in [-0.2, -0.15) is 0 Å². The van der Waals surface area contributed by atoms with Crippen molar-refractivity contribution in [1.82, 2.24) is 0 Å². The summed E-state index contributed by atoms with van der Waals surface area (Å²) in [7, 11) is 0. The van der Waals surface area contributed by atoms with Crippen LogP contribution in [0.25, 0.3) is 0 Å². The summed E-state index contributed by atoms with van der Waals surface area (Å²) in [6, 6.07) is 3.49. The van der Waals surface area contributed by atoms with Crippen LogP contribution in [0.15, 0.2) is 23.2 Å². The number of hydrogen-bond acceptors (Lipinski definition) is 3. The highest BCUT2D eigenvalue weighted by molar-refractivity contribution is 8.15. The Kier molecular flexibility index (Phi) is 4.22. The zero-order valence-electron chi connectivity index (χ0n) is 10.4. The second-order valence-corrected chi connectivity index (χ2v) is 6.05. The number of nitrogens with one attached hydrogen (secondary N) is 1. The van der Waals surface area contributed by atoms with Gasteiger partial charge in [-0.05, 0) is 24.5 Å². The number of rotatable bonds is 3. The van der Waals surface area contributed by atoms with E-state index in [0.717, 1.165) is 19.0 Å². The summed E-state index contributed by atoms with van der Waals surface area (Å²) in [4.78, 5) is 4.34. The summed E-state index contributed by atoms with van der Waals surface area (Å²) in [6.07, 6.45) is 1.09. The van der Waals surface area contributed by atoms with Crippen LogP contribution in [0.4, 0.5) is 14.5 Å². The number of amidine groups is 1. The molecule has 1 aliphatic rings. The highest BCUT2D eigenvalue weighted by Gasteiger charge is 2.21. The Hall–Kier alpha value is -1.10. The molecule has 98 valence electrons. The van der Waals surface area contributed by atoms with Gasteiger partial charge in [-0.15, -0.1) is 0 Å². The first kappa shape index (κ1) is 13.3. The lowest BCUT2D eigenvalue weighted by molar-refractivity contribution is 0.575. The zero-order chi connectivity index (χ0) is 13.1. The lowest BCUT2D eigenvalue weighted by Crippen LogP contribution is -2.10. The van der Waals surface area contributed by atoms with Crippen molar-refractivity contribution in [3.05, 3.63) is 29.8 Å². The molecular formula is C13H16F2N2S. The van der Waals surface area contributed by atoms with Crippen LogP contribution in [0.2, 0.25) is 0 Å². The van der Waals surface area contributed by atoms with E-state index in [1.54, 1.807) is 11.8 Å². The summed E-state index contributed by atoms with van der Waals surface area (Å²) in [6.45, 7) is 5.10. The van der Waals surface area contributed by atoms with Crippen LogP contribution in [0.1, 0.15) is 20.3 Å². The number of hydrogen-bond donors (Lipinski definition) is 1.